The molecular formula is C16H12BrN3O2. The van der Waals surface area contributed by atoms with Crippen LogP contribution in [0.4, 0.5) is 5.69 Å². The molecule has 0 radical (unpaired) electrons. The maximum absolute atomic E-state index is 12.2. The number of amides is 1. The lowest BCUT2D eigenvalue weighted by molar-refractivity contribution is -0.116. The molecule has 0 bridgehead atoms. The Labute approximate surface area is 134 Å². The number of nitrogens with zero attached hydrogens (tertiary/aromatic N) is 2. The quantitative estimate of drug-likeness (QED) is 0.783. The van der Waals surface area contributed by atoms with Crippen LogP contribution in [0.5, 0.6) is 0 Å². The van der Waals surface area contributed by atoms with Gasteiger partial charge in [-0.15, -0.1) is 0 Å². The van der Waals surface area contributed by atoms with Crippen molar-refractivity contribution < 1.29 is 4.79 Å². The third kappa shape index (κ3) is 2.92. The molecule has 1 heterocycles. The van der Waals surface area contributed by atoms with Crippen molar-refractivity contribution in [2.45, 2.75) is 6.54 Å². The number of rotatable bonds is 3. The minimum absolute atomic E-state index is 0.0299. The van der Waals surface area contributed by atoms with Gasteiger partial charge in [0.15, 0.2) is 0 Å². The van der Waals surface area contributed by atoms with Gasteiger partial charge in [0.05, 0.1) is 17.4 Å². The maximum atomic E-state index is 12.2. The van der Waals surface area contributed by atoms with Crippen molar-refractivity contribution in [1.29, 1.82) is 0 Å². The highest BCUT2D eigenvalue weighted by atomic mass is 79.9. The van der Waals surface area contributed by atoms with Crippen LogP contribution in [0.2, 0.25) is 0 Å². The Bertz CT molecular complexity index is 905. The molecule has 3 aromatic rings. The maximum Gasteiger partial charge on any atom is 0.246 e. The number of aromatic nitrogens is 2. The van der Waals surface area contributed by atoms with Crippen LogP contribution in [0.1, 0.15) is 0 Å². The normalized spacial score (nSPS) is 10.6. The summed E-state index contributed by atoms with van der Waals surface area (Å²) in [6.45, 7) is 0.0299. The first kappa shape index (κ1) is 14.5. The van der Waals surface area contributed by atoms with Crippen LogP contribution in [0.25, 0.3) is 10.9 Å². The van der Waals surface area contributed by atoms with Gasteiger partial charge < -0.3 is 5.32 Å². The van der Waals surface area contributed by atoms with Gasteiger partial charge in [0.25, 0.3) is 0 Å². The Balaban J connectivity index is 1.88. The summed E-state index contributed by atoms with van der Waals surface area (Å²) in [6.07, 6.45) is 1.23. The topological polar surface area (TPSA) is 64.0 Å². The molecule has 1 amide bonds. The van der Waals surface area contributed by atoms with E-state index in [1.54, 1.807) is 24.3 Å². The molecule has 2 aromatic carbocycles. The molecule has 0 unspecified atom stereocenters. The third-order valence-corrected chi connectivity index (χ3v) is 3.89. The monoisotopic (exact) mass is 357 g/mol. The largest absolute Gasteiger partial charge is 0.323 e. The van der Waals surface area contributed by atoms with E-state index in [1.165, 1.54) is 10.9 Å². The van der Waals surface area contributed by atoms with Crippen molar-refractivity contribution in [2.75, 3.05) is 5.32 Å². The minimum atomic E-state index is -0.215. The van der Waals surface area contributed by atoms with Crippen LogP contribution in [0.15, 0.2) is 64.0 Å². The molecule has 1 aromatic heterocycles. The second-order valence-corrected chi connectivity index (χ2v) is 5.57. The van der Waals surface area contributed by atoms with E-state index in [0.717, 1.165) is 4.47 Å². The standard InChI is InChI=1S/C16H12BrN3O2/c17-12-6-2-3-7-13(12)19-16(22)10-20-14-8-4-1-5-11(14)15(21)9-18-20/h1-9H,10H2,(H,19,22). The van der Waals surface area contributed by atoms with Crippen molar-refractivity contribution in [1.82, 2.24) is 9.78 Å². The first-order chi connectivity index (χ1) is 10.6. The predicted octanol–water partition coefficient (Wildman–Crippen LogP) is 2.80. The summed E-state index contributed by atoms with van der Waals surface area (Å²) in [6, 6.07) is 14.5. The van der Waals surface area contributed by atoms with E-state index in [0.29, 0.717) is 16.6 Å². The summed E-state index contributed by atoms with van der Waals surface area (Å²) in [5, 5.41) is 7.40. The Morgan fingerprint density at radius 3 is 2.68 bits per heavy atom. The number of carbonyl (C=O) groups excluding carboxylic acids is 1. The van der Waals surface area contributed by atoms with E-state index in [-0.39, 0.29) is 17.9 Å². The van der Waals surface area contributed by atoms with Crippen LogP contribution in [-0.4, -0.2) is 15.7 Å². The van der Waals surface area contributed by atoms with Crippen molar-refractivity contribution in [3.8, 4) is 0 Å². The molecule has 0 aliphatic heterocycles. The molecule has 22 heavy (non-hydrogen) atoms. The Morgan fingerprint density at radius 2 is 1.86 bits per heavy atom. The van der Waals surface area contributed by atoms with E-state index in [4.69, 9.17) is 0 Å². The van der Waals surface area contributed by atoms with Crippen LogP contribution < -0.4 is 10.7 Å². The fraction of sp³-hybridized carbons (Fsp3) is 0.0625. The molecule has 5 nitrogen and oxygen atoms in total. The van der Waals surface area contributed by atoms with E-state index in [9.17, 15) is 9.59 Å². The minimum Gasteiger partial charge on any atom is -0.323 e. The number of hydrogen-bond acceptors (Lipinski definition) is 3. The number of anilines is 1. The summed E-state index contributed by atoms with van der Waals surface area (Å²) in [4.78, 5) is 24.0. The first-order valence-electron chi connectivity index (χ1n) is 6.64. The van der Waals surface area contributed by atoms with Gasteiger partial charge in [-0.25, -0.2) is 0 Å². The third-order valence-electron chi connectivity index (χ3n) is 3.20. The number of para-hydroxylation sites is 2. The summed E-state index contributed by atoms with van der Waals surface area (Å²) in [7, 11) is 0. The zero-order chi connectivity index (χ0) is 15.5. The summed E-state index contributed by atoms with van der Waals surface area (Å²) in [5.74, 6) is -0.215. The Kier molecular flexibility index (Phi) is 4.02. The van der Waals surface area contributed by atoms with Crippen LogP contribution in [-0.2, 0) is 11.3 Å². The van der Waals surface area contributed by atoms with Gasteiger partial charge in [-0.3, -0.25) is 14.3 Å². The summed E-state index contributed by atoms with van der Waals surface area (Å²) in [5.41, 5.74) is 1.17. The van der Waals surface area contributed by atoms with Crippen LogP contribution in [0.3, 0.4) is 0 Å². The van der Waals surface area contributed by atoms with Crippen molar-refractivity contribution in [3.63, 3.8) is 0 Å². The molecule has 6 heteroatoms. The van der Waals surface area contributed by atoms with E-state index < -0.39 is 0 Å². The van der Waals surface area contributed by atoms with Gasteiger partial charge in [-0.1, -0.05) is 24.3 Å². The number of carbonyl (C=O) groups is 1. The van der Waals surface area contributed by atoms with Gasteiger partial charge >= 0.3 is 0 Å². The zero-order valence-electron chi connectivity index (χ0n) is 11.5. The summed E-state index contributed by atoms with van der Waals surface area (Å²) < 4.78 is 2.32. The second kappa shape index (κ2) is 6.11. The van der Waals surface area contributed by atoms with E-state index >= 15 is 0 Å². The highest BCUT2D eigenvalue weighted by Crippen LogP contribution is 2.21. The molecule has 0 saturated heterocycles. The number of halogens is 1. The molecule has 0 atom stereocenters. The molecule has 0 aliphatic rings. The van der Waals surface area contributed by atoms with Gasteiger partial charge in [-0.05, 0) is 40.2 Å². The highest BCUT2D eigenvalue weighted by Gasteiger charge is 2.09. The number of fused-ring (bicyclic) bond motifs is 1. The van der Waals surface area contributed by atoms with Gasteiger partial charge in [0.1, 0.15) is 6.54 Å². The molecular weight excluding hydrogens is 346 g/mol. The predicted molar refractivity (Wildman–Crippen MR) is 88.8 cm³/mol. The number of benzene rings is 2. The second-order valence-electron chi connectivity index (χ2n) is 4.71. The fourth-order valence-electron chi connectivity index (χ4n) is 2.18. The number of nitrogens with one attached hydrogen (secondary N) is 1. The lowest BCUT2D eigenvalue weighted by Gasteiger charge is -2.10. The smallest absolute Gasteiger partial charge is 0.246 e. The van der Waals surface area contributed by atoms with Crippen LogP contribution >= 0.6 is 15.9 Å². The zero-order valence-corrected chi connectivity index (χ0v) is 13.1. The Hall–Kier alpha value is -2.47. The van der Waals surface area contributed by atoms with Crippen molar-refractivity contribution >= 4 is 38.4 Å². The molecule has 0 fully saturated rings. The molecule has 0 saturated carbocycles. The molecule has 0 aliphatic carbocycles. The molecule has 3 rings (SSSR count). The van der Waals surface area contributed by atoms with Crippen molar-refractivity contribution in [2.24, 2.45) is 0 Å². The first-order valence-corrected chi connectivity index (χ1v) is 7.44. The van der Waals surface area contributed by atoms with Crippen molar-refractivity contribution in [3.05, 3.63) is 69.4 Å². The average Bonchev–Trinajstić information content (AvgIpc) is 2.53. The highest BCUT2D eigenvalue weighted by molar-refractivity contribution is 9.10. The Morgan fingerprint density at radius 1 is 1.14 bits per heavy atom. The molecule has 110 valence electrons. The van der Waals surface area contributed by atoms with Crippen LogP contribution in [0, 0.1) is 0 Å². The fourth-order valence-corrected chi connectivity index (χ4v) is 2.56. The van der Waals surface area contributed by atoms with E-state index in [2.05, 4.69) is 26.3 Å². The SMILES string of the molecule is O=C(Cn1ncc(=O)c2ccccc21)Nc1ccccc1Br. The van der Waals surface area contributed by atoms with Gasteiger partial charge in [0, 0.05) is 9.86 Å². The van der Waals surface area contributed by atoms with E-state index in [1.807, 2.05) is 24.3 Å². The average molecular weight is 358 g/mol. The van der Waals surface area contributed by atoms with Gasteiger partial charge in [0.2, 0.25) is 11.3 Å². The lowest BCUT2D eigenvalue weighted by Crippen LogP contribution is -2.22. The summed E-state index contributed by atoms with van der Waals surface area (Å²) >= 11 is 3.38. The molecule has 1 N–H and O–H groups in total. The molecule has 0 spiro atoms. The lowest BCUT2D eigenvalue weighted by atomic mass is 10.2. The van der Waals surface area contributed by atoms with Gasteiger partial charge in [-0.2, -0.15) is 5.10 Å². The number of hydrogen-bond donors (Lipinski definition) is 1.